The van der Waals surface area contributed by atoms with Crippen LogP contribution in [0.5, 0.6) is 0 Å². The molecule has 1 N–H and O–H groups in total. The van der Waals surface area contributed by atoms with Gasteiger partial charge in [0.25, 0.3) is 0 Å². The summed E-state index contributed by atoms with van der Waals surface area (Å²) in [4.78, 5) is 12.9. The van der Waals surface area contributed by atoms with Crippen LogP contribution in [-0.2, 0) is 4.74 Å². The molecule has 0 aromatic heterocycles. The first-order valence-electron chi connectivity index (χ1n) is 5.49. The fraction of sp³-hybridized carbons (Fsp3) is 0.909. The first kappa shape index (κ1) is 15.2. The molecule has 0 aliphatic heterocycles. The van der Waals surface area contributed by atoms with E-state index in [1.54, 1.807) is 34.9 Å². The summed E-state index contributed by atoms with van der Waals surface area (Å²) in [6.45, 7) is 6.08. The van der Waals surface area contributed by atoms with Crippen molar-refractivity contribution in [3.8, 4) is 0 Å². The van der Waals surface area contributed by atoms with Crippen LogP contribution in [0, 0.1) is 0 Å². The second kappa shape index (κ2) is 6.68. The molecule has 0 rings (SSSR count). The lowest BCUT2D eigenvalue weighted by Crippen LogP contribution is -2.36. The van der Waals surface area contributed by atoms with Crippen molar-refractivity contribution in [3.05, 3.63) is 0 Å². The summed E-state index contributed by atoms with van der Waals surface area (Å²) in [6.07, 6.45) is -1.03. The Hall–Kier alpha value is -0.840. The molecule has 0 aliphatic carbocycles. The van der Waals surface area contributed by atoms with Crippen LogP contribution >= 0.6 is 0 Å². The van der Waals surface area contributed by atoms with Crippen LogP contribution in [0.25, 0.3) is 0 Å². The van der Waals surface area contributed by atoms with Crippen LogP contribution in [0.1, 0.15) is 27.2 Å². The molecular weight excluding hydrogens is 211 g/mol. The zero-order valence-electron chi connectivity index (χ0n) is 10.8. The van der Waals surface area contributed by atoms with Crippen LogP contribution in [0.2, 0.25) is 0 Å². The van der Waals surface area contributed by atoms with Crippen molar-refractivity contribution in [2.24, 2.45) is 0 Å². The van der Waals surface area contributed by atoms with Crippen molar-refractivity contribution in [3.63, 3.8) is 0 Å². The number of hydrogen-bond donors (Lipinski definition) is 1. The van der Waals surface area contributed by atoms with E-state index in [2.05, 4.69) is 5.32 Å². The van der Waals surface area contributed by atoms with Gasteiger partial charge in [0.05, 0.1) is 0 Å². The SMILES string of the molecule is CNCC(F)CCN(C)C(=O)OC(C)(C)C. The molecule has 1 unspecified atom stereocenters. The summed E-state index contributed by atoms with van der Waals surface area (Å²) in [5, 5.41) is 2.75. The van der Waals surface area contributed by atoms with Crippen molar-refractivity contribution in [2.75, 3.05) is 27.2 Å². The third kappa shape index (κ3) is 7.45. The Kier molecular flexibility index (Phi) is 6.33. The lowest BCUT2D eigenvalue weighted by Gasteiger charge is -2.25. The van der Waals surface area contributed by atoms with E-state index in [4.69, 9.17) is 4.74 Å². The van der Waals surface area contributed by atoms with Crippen molar-refractivity contribution in [1.82, 2.24) is 10.2 Å². The first-order valence-corrected chi connectivity index (χ1v) is 5.49. The van der Waals surface area contributed by atoms with Gasteiger partial charge in [-0.2, -0.15) is 0 Å². The molecule has 0 bridgehead atoms. The van der Waals surface area contributed by atoms with E-state index in [-0.39, 0.29) is 0 Å². The minimum Gasteiger partial charge on any atom is -0.444 e. The van der Waals surface area contributed by atoms with Gasteiger partial charge in [-0.15, -0.1) is 0 Å². The molecule has 0 spiro atoms. The Morgan fingerprint density at radius 3 is 2.50 bits per heavy atom. The fourth-order valence-electron chi connectivity index (χ4n) is 1.09. The number of amides is 1. The number of rotatable bonds is 5. The lowest BCUT2D eigenvalue weighted by atomic mass is 10.2. The molecule has 0 aromatic carbocycles. The van der Waals surface area contributed by atoms with Crippen molar-refractivity contribution in [2.45, 2.75) is 39.0 Å². The van der Waals surface area contributed by atoms with Gasteiger partial charge in [0.15, 0.2) is 0 Å². The Morgan fingerprint density at radius 1 is 1.50 bits per heavy atom. The molecule has 0 saturated heterocycles. The van der Waals surface area contributed by atoms with Gasteiger partial charge in [-0.1, -0.05) is 0 Å². The maximum absolute atomic E-state index is 13.1. The van der Waals surface area contributed by atoms with Gasteiger partial charge in [-0.25, -0.2) is 9.18 Å². The highest BCUT2D eigenvalue weighted by Crippen LogP contribution is 2.09. The highest BCUT2D eigenvalue weighted by Gasteiger charge is 2.19. The van der Waals surface area contributed by atoms with E-state index in [0.29, 0.717) is 19.5 Å². The molecule has 0 aliphatic rings. The van der Waals surface area contributed by atoms with E-state index in [9.17, 15) is 9.18 Å². The molecule has 0 radical (unpaired) electrons. The minimum absolute atomic E-state index is 0.308. The number of nitrogens with zero attached hydrogens (tertiary/aromatic N) is 1. The van der Waals surface area contributed by atoms with Crippen LogP contribution < -0.4 is 5.32 Å². The molecule has 16 heavy (non-hydrogen) atoms. The number of carbonyl (C=O) groups excluding carboxylic acids is 1. The Morgan fingerprint density at radius 2 is 2.06 bits per heavy atom. The number of nitrogens with one attached hydrogen (secondary N) is 1. The van der Waals surface area contributed by atoms with E-state index >= 15 is 0 Å². The summed E-state index contributed by atoms with van der Waals surface area (Å²) in [6, 6.07) is 0. The van der Waals surface area contributed by atoms with E-state index in [1.165, 1.54) is 4.90 Å². The molecule has 96 valence electrons. The Labute approximate surface area is 97.1 Å². The van der Waals surface area contributed by atoms with E-state index in [0.717, 1.165) is 0 Å². The molecule has 5 heteroatoms. The molecule has 1 atom stereocenters. The van der Waals surface area contributed by atoms with Crippen molar-refractivity contribution in [1.29, 1.82) is 0 Å². The molecule has 0 aromatic rings. The number of ether oxygens (including phenoxy) is 1. The first-order chi connectivity index (χ1) is 7.26. The maximum atomic E-state index is 13.1. The quantitative estimate of drug-likeness (QED) is 0.788. The standard InChI is InChI=1S/C11H23FN2O2/c1-11(2,3)16-10(15)14(5)7-6-9(12)8-13-4/h9,13H,6-8H2,1-5H3. The van der Waals surface area contributed by atoms with E-state index < -0.39 is 17.9 Å². The van der Waals surface area contributed by atoms with Gasteiger partial charge in [0.1, 0.15) is 11.8 Å². The topological polar surface area (TPSA) is 41.6 Å². The molecule has 1 amide bonds. The van der Waals surface area contributed by atoms with Gasteiger partial charge in [-0.3, -0.25) is 0 Å². The summed E-state index contributed by atoms with van der Waals surface area (Å²) in [7, 11) is 3.31. The third-order valence-corrected chi connectivity index (χ3v) is 1.91. The predicted molar refractivity (Wildman–Crippen MR) is 62.3 cm³/mol. The van der Waals surface area contributed by atoms with E-state index in [1.807, 2.05) is 0 Å². The Bertz CT molecular complexity index is 217. The summed E-state index contributed by atoms with van der Waals surface area (Å²) in [5.74, 6) is 0. The molecule has 4 nitrogen and oxygen atoms in total. The second-order valence-corrected chi connectivity index (χ2v) is 4.85. The average molecular weight is 234 g/mol. The lowest BCUT2D eigenvalue weighted by molar-refractivity contribution is 0.0287. The van der Waals surface area contributed by atoms with Crippen LogP contribution in [0.4, 0.5) is 9.18 Å². The molecule has 0 saturated carbocycles. The van der Waals surface area contributed by atoms with Gasteiger partial charge in [0, 0.05) is 20.1 Å². The van der Waals surface area contributed by atoms with Gasteiger partial charge in [-0.05, 0) is 34.2 Å². The van der Waals surface area contributed by atoms with Gasteiger partial charge >= 0.3 is 6.09 Å². The second-order valence-electron chi connectivity index (χ2n) is 4.85. The van der Waals surface area contributed by atoms with Crippen molar-refractivity contribution >= 4 is 6.09 Å². The number of halogens is 1. The largest absolute Gasteiger partial charge is 0.444 e. The molecular formula is C11H23FN2O2. The Balaban J connectivity index is 3.88. The van der Waals surface area contributed by atoms with Crippen LogP contribution in [-0.4, -0.2) is 50.0 Å². The molecule has 0 heterocycles. The number of carbonyl (C=O) groups is 1. The fourth-order valence-corrected chi connectivity index (χ4v) is 1.09. The third-order valence-electron chi connectivity index (χ3n) is 1.91. The summed E-state index contributed by atoms with van der Waals surface area (Å²) < 4.78 is 18.3. The van der Waals surface area contributed by atoms with Gasteiger partial charge < -0.3 is 15.0 Å². The highest BCUT2D eigenvalue weighted by molar-refractivity contribution is 5.67. The van der Waals surface area contributed by atoms with Gasteiger partial charge in [0.2, 0.25) is 0 Å². The number of hydrogen-bond acceptors (Lipinski definition) is 3. The van der Waals surface area contributed by atoms with Crippen LogP contribution in [0.15, 0.2) is 0 Å². The highest BCUT2D eigenvalue weighted by atomic mass is 19.1. The number of alkyl halides is 1. The summed E-state index contributed by atoms with van der Waals surface area (Å²) in [5.41, 5.74) is -0.508. The predicted octanol–water partition coefficient (Wildman–Crippen LogP) is 1.80. The zero-order valence-corrected chi connectivity index (χ0v) is 10.8. The maximum Gasteiger partial charge on any atom is 0.410 e. The monoisotopic (exact) mass is 234 g/mol. The summed E-state index contributed by atoms with van der Waals surface area (Å²) >= 11 is 0. The van der Waals surface area contributed by atoms with Crippen molar-refractivity contribution < 1.29 is 13.9 Å². The molecule has 0 fully saturated rings. The average Bonchev–Trinajstić information content (AvgIpc) is 2.11. The smallest absolute Gasteiger partial charge is 0.410 e. The normalized spacial score (nSPS) is 13.4. The zero-order chi connectivity index (χ0) is 12.8. The van der Waals surface area contributed by atoms with Crippen LogP contribution in [0.3, 0.4) is 0 Å². The minimum atomic E-state index is -0.935.